The third kappa shape index (κ3) is 3.17. The first-order valence-electron chi connectivity index (χ1n) is 10.9. The second-order valence-corrected chi connectivity index (χ2v) is 8.56. The Labute approximate surface area is 186 Å². The average Bonchev–Trinajstić information content (AvgIpc) is 3.49. The van der Waals surface area contributed by atoms with Crippen molar-refractivity contribution in [1.29, 1.82) is 0 Å². The van der Waals surface area contributed by atoms with Gasteiger partial charge in [-0.05, 0) is 48.4 Å². The highest BCUT2D eigenvalue weighted by molar-refractivity contribution is 5.70. The largest absolute Gasteiger partial charge is 0.493 e. The first-order chi connectivity index (χ1) is 15.7. The third-order valence-corrected chi connectivity index (χ3v) is 6.49. The Bertz CT molecular complexity index is 1190. The zero-order valence-electron chi connectivity index (χ0n) is 17.6. The lowest BCUT2D eigenvalue weighted by molar-refractivity contribution is 0.167. The molecule has 7 heteroatoms. The van der Waals surface area contributed by atoms with Crippen LogP contribution < -0.4 is 20.5 Å². The van der Waals surface area contributed by atoms with Gasteiger partial charge in [-0.15, -0.1) is 0 Å². The molecule has 2 aromatic carbocycles. The van der Waals surface area contributed by atoms with Gasteiger partial charge in [0.2, 0.25) is 0 Å². The summed E-state index contributed by atoms with van der Waals surface area (Å²) < 4.78 is 17.9. The molecule has 0 radical (unpaired) electrons. The van der Waals surface area contributed by atoms with Crippen LogP contribution in [0, 0.1) is 5.92 Å². The van der Waals surface area contributed by atoms with E-state index < -0.39 is 5.41 Å². The highest BCUT2D eigenvalue weighted by Crippen LogP contribution is 2.52. The van der Waals surface area contributed by atoms with Crippen LogP contribution in [0.1, 0.15) is 17.5 Å². The summed E-state index contributed by atoms with van der Waals surface area (Å²) in [6.45, 7) is 2.88. The second kappa shape index (κ2) is 7.53. The van der Waals surface area contributed by atoms with Crippen LogP contribution in [0.5, 0.6) is 17.2 Å². The van der Waals surface area contributed by atoms with Crippen LogP contribution in [0.15, 0.2) is 67.0 Å². The molecule has 0 saturated carbocycles. The van der Waals surface area contributed by atoms with Gasteiger partial charge < -0.3 is 25.3 Å². The van der Waals surface area contributed by atoms with Crippen molar-refractivity contribution in [3.05, 3.63) is 78.1 Å². The molecule has 0 bridgehead atoms. The first kappa shape index (κ1) is 19.1. The maximum atomic E-state index is 6.32. The quantitative estimate of drug-likeness (QED) is 0.658. The van der Waals surface area contributed by atoms with Crippen LogP contribution in [0.25, 0.3) is 11.1 Å². The van der Waals surface area contributed by atoms with E-state index in [0.29, 0.717) is 24.9 Å². The van der Waals surface area contributed by atoms with E-state index in [-0.39, 0.29) is 0 Å². The number of benzene rings is 2. The fourth-order valence-electron chi connectivity index (χ4n) is 4.78. The smallest absolute Gasteiger partial charge is 0.132 e. The van der Waals surface area contributed by atoms with Crippen LogP contribution in [-0.2, 0) is 10.2 Å². The molecule has 1 fully saturated rings. The number of hydrogen-bond acceptors (Lipinski definition) is 7. The summed E-state index contributed by atoms with van der Waals surface area (Å²) in [5, 5.41) is 3.32. The lowest BCUT2D eigenvalue weighted by atomic mass is 9.72. The molecule has 3 aliphatic heterocycles. The van der Waals surface area contributed by atoms with Gasteiger partial charge in [0, 0.05) is 48.2 Å². The van der Waals surface area contributed by atoms with E-state index in [9.17, 15) is 0 Å². The standard InChI is InChI=1S/C25H24N4O3/c26-24-9-25(14-29-24)20-7-17(18-10-27-15-28-11-18)1-3-22(20)32-23-4-2-19(8-21(23)25)31-13-16-5-6-30-12-16/h1-4,7-11,15-16,29H,5-6,12-14,26H2/t16?,25-/m0/s1. The van der Waals surface area contributed by atoms with Crippen molar-refractivity contribution in [2.45, 2.75) is 11.8 Å². The second-order valence-electron chi connectivity index (χ2n) is 8.56. The van der Waals surface area contributed by atoms with E-state index in [0.717, 1.165) is 59.1 Å². The molecule has 4 heterocycles. The topological polar surface area (TPSA) is 91.5 Å². The van der Waals surface area contributed by atoms with Gasteiger partial charge >= 0.3 is 0 Å². The Balaban J connectivity index is 1.42. The molecule has 32 heavy (non-hydrogen) atoms. The van der Waals surface area contributed by atoms with E-state index >= 15 is 0 Å². The van der Waals surface area contributed by atoms with Gasteiger partial charge in [0.1, 0.15) is 23.6 Å². The highest BCUT2D eigenvalue weighted by Gasteiger charge is 2.44. The van der Waals surface area contributed by atoms with Crippen LogP contribution in [0.2, 0.25) is 0 Å². The van der Waals surface area contributed by atoms with Crippen molar-refractivity contribution in [3.8, 4) is 28.4 Å². The molecule has 2 atom stereocenters. The summed E-state index contributed by atoms with van der Waals surface area (Å²) in [6.07, 6.45) is 8.30. The van der Waals surface area contributed by atoms with Crippen molar-refractivity contribution < 1.29 is 14.2 Å². The van der Waals surface area contributed by atoms with Gasteiger partial charge in [-0.1, -0.05) is 6.07 Å². The Kier molecular flexibility index (Phi) is 4.50. The van der Waals surface area contributed by atoms with Crippen LogP contribution in [-0.4, -0.2) is 36.3 Å². The Morgan fingerprint density at radius 1 is 1.06 bits per heavy atom. The summed E-state index contributed by atoms with van der Waals surface area (Å²) in [5.74, 6) is 3.57. The fraction of sp³-hybridized carbons (Fsp3) is 0.280. The van der Waals surface area contributed by atoms with E-state index in [1.54, 1.807) is 0 Å². The van der Waals surface area contributed by atoms with E-state index in [2.05, 4.69) is 33.5 Å². The van der Waals surface area contributed by atoms with Gasteiger partial charge in [-0.25, -0.2) is 9.97 Å². The molecular weight excluding hydrogens is 404 g/mol. The number of ether oxygens (including phenoxy) is 3. The molecule has 1 aromatic heterocycles. The van der Waals surface area contributed by atoms with Gasteiger partial charge in [0.25, 0.3) is 0 Å². The summed E-state index contributed by atoms with van der Waals surface area (Å²) in [6, 6.07) is 12.2. The maximum Gasteiger partial charge on any atom is 0.132 e. The zero-order chi connectivity index (χ0) is 21.5. The molecule has 7 nitrogen and oxygen atoms in total. The number of aromatic nitrogens is 2. The number of rotatable bonds is 4. The van der Waals surface area contributed by atoms with E-state index in [1.807, 2.05) is 36.7 Å². The number of fused-ring (bicyclic) bond motifs is 4. The minimum absolute atomic E-state index is 0.441. The van der Waals surface area contributed by atoms with Gasteiger partial charge in [-0.3, -0.25) is 0 Å². The number of nitrogens with zero attached hydrogens (tertiary/aromatic N) is 2. The Morgan fingerprint density at radius 3 is 2.62 bits per heavy atom. The molecule has 1 saturated heterocycles. The maximum absolute atomic E-state index is 6.32. The van der Waals surface area contributed by atoms with Crippen molar-refractivity contribution in [1.82, 2.24) is 15.3 Å². The number of hydrogen-bond donors (Lipinski definition) is 2. The lowest BCUT2D eigenvalue weighted by Gasteiger charge is -2.36. The monoisotopic (exact) mass is 428 g/mol. The number of nitrogens with one attached hydrogen (secondary N) is 1. The summed E-state index contributed by atoms with van der Waals surface area (Å²) in [7, 11) is 0. The molecule has 1 unspecified atom stereocenters. The van der Waals surface area contributed by atoms with Crippen molar-refractivity contribution >= 4 is 0 Å². The molecule has 162 valence electrons. The highest BCUT2D eigenvalue weighted by atomic mass is 16.5. The normalized spacial score (nSPS) is 23.1. The van der Waals surface area contributed by atoms with Crippen LogP contribution in [0.4, 0.5) is 0 Å². The van der Waals surface area contributed by atoms with Crippen molar-refractivity contribution in [3.63, 3.8) is 0 Å². The Morgan fingerprint density at radius 2 is 1.88 bits per heavy atom. The molecule has 0 aliphatic carbocycles. The molecule has 3 N–H and O–H groups in total. The van der Waals surface area contributed by atoms with Crippen LogP contribution >= 0.6 is 0 Å². The SMILES string of the molecule is NC1=C[C@@]2(CN1)c1cc(OCC3CCOC3)ccc1Oc1ccc(-c3cncnc3)cc12. The third-order valence-electron chi connectivity index (χ3n) is 6.49. The molecule has 3 aromatic rings. The zero-order valence-corrected chi connectivity index (χ0v) is 17.6. The van der Waals surface area contributed by atoms with Gasteiger partial charge in [0.05, 0.1) is 24.4 Å². The minimum Gasteiger partial charge on any atom is -0.493 e. The molecule has 1 spiro atoms. The lowest BCUT2D eigenvalue weighted by Crippen LogP contribution is -2.34. The van der Waals surface area contributed by atoms with E-state index in [4.69, 9.17) is 19.9 Å². The predicted octanol–water partition coefficient (Wildman–Crippen LogP) is 3.35. The molecular formula is C25H24N4O3. The van der Waals surface area contributed by atoms with Crippen LogP contribution in [0.3, 0.4) is 0 Å². The van der Waals surface area contributed by atoms with Gasteiger partial charge in [-0.2, -0.15) is 0 Å². The molecule has 3 aliphatic rings. The van der Waals surface area contributed by atoms with Gasteiger partial charge in [0.15, 0.2) is 0 Å². The minimum atomic E-state index is -0.450. The van der Waals surface area contributed by atoms with Crippen molar-refractivity contribution in [2.75, 3.05) is 26.4 Å². The fourth-order valence-corrected chi connectivity index (χ4v) is 4.78. The Hall–Kier alpha value is -3.58. The predicted molar refractivity (Wildman–Crippen MR) is 119 cm³/mol. The summed E-state index contributed by atoms with van der Waals surface area (Å²) in [5.41, 5.74) is 9.86. The summed E-state index contributed by atoms with van der Waals surface area (Å²) in [4.78, 5) is 8.33. The average molecular weight is 428 g/mol. The molecule has 0 amide bonds. The first-order valence-corrected chi connectivity index (χ1v) is 10.9. The number of nitrogens with two attached hydrogens (primary N) is 1. The molecule has 6 rings (SSSR count). The van der Waals surface area contributed by atoms with Crippen molar-refractivity contribution in [2.24, 2.45) is 11.7 Å². The summed E-state index contributed by atoms with van der Waals surface area (Å²) >= 11 is 0. The van der Waals surface area contributed by atoms with E-state index in [1.165, 1.54) is 6.33 Å².